The Hall–Kier alpha value is -16.7. The van der Waals surface area contributed by atoms with Crippen LogP contribution in [-0.4, -0.2) is 76.3 Å². The largest absolute Gasteiger partial charge is 2.00 e. The van der Waals surface area contributed by atoms with E-state index in [1.54, 1.807) is 0 Å². The van der Waals surface area contributed by atoms with Crippen LogP contribution < -0.4 is 0 Å². The molecule has 0 spiro atoms. The fourth-order valence-electron chi connectivity index (χ4n) is 20.3. The Bertz CT molecular complexity index is 9610. The number of hydrogen-bond donors (Lipinski definition) is 0. The van der Waals surface area contributed by atoms with Gasteiger partial charge < -0.3 is 41.9 Å². The van der Waals surface area contributed by atoms with Crippen LogP contribution in [0.2, 0.25) is 0 Å². The molecule has 139 heavy (non-hydrogen) atoms. The summed E-state index contributed by atoms with van der Waals surface area (Å²) in [5.74, 6) is 0. The second-order valence-corrected chi connectivity index (χ2v) is 33.9. The van der Waals surface area contributed by atoms with E-state index in [9.17, 15) is 0 Å². The van der Waals surface area contributed by atoms with Crippen LogP contribution in [0.15, 0.2) is 438 Å². The molecule has 0 aliphatic carbocycles. The average molecular weight is 2320 g/mol. The normalized spacial score (nSPS) is 11.6. The van der Waals surface area contributed by atoms with Crippen molar-refractivity contribution in [1.29, 1.82) is 0 Å². The fourth-order valence-corrected chi connectivity index (χ4v) is 20.3. The van der Waals surface area contributed by atoms with Crippen molar-refractivity contribution < 1.29 is 63.2 Å². The summed E-state index contributed by atoms with van der Waals surface area (Å²) >= 11 is 0. The van der Waals surface area contributed by atoms with Gasteiger partial charge in [0.05, 0.1) is 92.9 Å². The first-order valence-corrected chi connectivity index (χ1v) is 45.2. The van der Waals surface area contributed by atoms with Crippen LogP contribution in [0.5, 0.6) is 0 Å². The Balaban J connectivity index is 0.000000113. The molecule has 0 saturated carbocycles. The van der Waals surface area contributed by atoms with Gasteiger partial charge in [-0.05, 0) is 141 Å². The predicted octanol–water partition coefficient (Wildman–Crippen LogP) is 27.6. The van der Waals surface area contributed by atoms with Crippen molar-refractivity contribution in [2.45, 2.75) is 0 Å². The first-order valence-electron chi connectivity index (χ1n) is 45.2. The quantitative estimate of drug-likeness (QED) is 0.112. The molecule has 29 rings (SSSR count). The fraction of sp³-hybridized carbons (Fsp3) is 0. The maximum atomic E-state index is 4.86. The van der Waals surface area contributed by atoms with E-state index in [4.69, 9.17) is 20.3 Å². The third-order valence-electron chi connectivity index (χ3n) is 26.3. The Morgan fingerprint density at radius 1 is 0.173 bits per heavy atom. The number of rotatable bonds is 12. The van der Waals surface area contributed by atoms with Gasteiger partial charge in [0.15, 0.2) is 0 Å². The summed E-state index contributed by atoms with van der Waals surface area (Å²) in [4.78, 5) is 13.9. The SMILES string of the molecule is [Pt+2].[Pt+2].[Pt+2].[c-]1c(-c2ccccn2)cccc1-n1c2[c-]c(-n3cc(-n4c5ccccc5c5ccccc54)cn3)ccc2c2ccccc21.[c-]1c(-n2c3[c-]c(-n4cc(-n5c6ccccc6c6ccccc65)cn4)ccc3c3ccccc32)cccc1-n1c2ccccc2c2cccnc21.[c-]1c(-n2cc(-n3c4ccccc4c4ccccc43)cn2)cccc1-n1c2[c-]c(-c3ccccn3)ccc2c2ccccc21. The van der Waals surface area contributed by atoms with Gasteiger partial charge in [-0.3, -0.25) is 14.0 Å². The molecular weight excluding hydrogens is 2250 g/mol. The number of para-hydroxylation sites is 10. The summed E-state index contributed by atoms with van der Waals surface area (Å²) in [6, 6.07) is 155. The molecule has 19 heteroatoms. The summed E-state index contributed by atoms with van der Waals surface area (Å²) in [7, 11) is 0. The zero-order valence-corrected chi connectivity index (χ0v) is 80.5. The van der Waals surface area contributed by atoms with Crippen molar-refractivity contribution in [1.82, 2.24) is 76.3 Å². The third kappa shape index (κ3) is 14.2. The number of hydrogen-bond acceptors (Lipinski definition) is 6. The zero-order valence-electron chi connectivity index (χ0n) is 73.7. The summed E-state index contributed by atoms with van der Waals surface area (Å²) in [5, 5.41) is 31.0. The Labute approximate surface area is 838 Å². The van der Waals surface area contributed by atoms with Crippen molar-refractivity contribution in [3.8, 4) is 79.4 Å². The van der Waals surface area contributed by atoms with E-state index in [0.29, 0.717) is 0 Å². The Kier molecular flexibility index (Phi) is 21.6. The van der Waals surface area contributed by atoms with E-state index in [-0.39, 0.29) is 63.2 Å². The molecule has 0 aliphatic rings. The van der Waals surface area contributed by atoms with Gasteiger partial charge >= 0.3 is 63.2 Å². The predicted molar refractivity (Wildman–Crippen MR) is 548 cm³/mol. The molecule has 16 aromatic carbocycles. The van der Waals surface area contributed by atoms with Crippen LogP contribution in [0.1, 0.15) is 0 Å². The van der Waals surface area contributed by atoms with E-state index in [0.717, 1.165) is 184 Å². The van der Waals surface area contributed by atoms with Gasteiger partial charge in [0.2, 0.25) is 0 Å². The molecule has 662 valence electrons. The van der Waals surface area contributed by atoms with Gasteiger partial charge in [0.1, 0.15) is 5.65 Å². The summed E-state index contributed by atoms with van der Waals surface area (Å²) in [6.07, 6.45) is 17.5. The topological polar surface area (TPSA) is 127 Å². The van der Waals surface area contributed by atoms with E-state index in [2.05, 4.69) is 431 Å². The van der Waals surface area contributed by atoms with Gasteiger partial charge in [0, 0.05) is 78.2 Å². The molecule has 0 unspecified atom stereocenters. The molecule has 0 N–H and O–H groups in total. The van der Waals surface area contributed by atoms with E-state index < -0.39 is 0 Å². The molecule has 0 aliphatic heterocycles. The number of nitrogens with zero attached hydrogens (tertiary/aromatic N) is 16. The van der Waals surface area contributed by atoms with Gasteiger partial charge in [-0.2, -0.15) is 39.6 Å². The smallest absolute Gasteiger partial charge is 0.358 e. The minimum absolute atomic E-state index is 0. The number of fused-ring (bicyclic) bond motifs is 21. The minimum Gasteiger partial charge on any atom is -0.358 e. The van der Waals surface area contributed by atoms with Crippen LogP contribution in [-0.2, 0) is 63.2 Å². The standard InChI is InChI=1S/C44H26N6.2C38H23N5.3Pt/c1-6-19-40-33(13-1)34-14-2-7-20-41(34)49(40)32-27-46-47(28-32)29-22-23-37-35-15-3-5-18-39(35)48(43(37)26-29)30-11-9-12-31(25-30)50-42-21-8-4-16-36(42)38-17-10-24-45-44(38)50;1-5-17-36-30(12-1)31-13-2-6-18-37(31)43(36)29-24-40-41(25-29)27-10-9-11-28(23-27)42-35-16-4-3-14-32(35)33-20-19-26(22-38(33)42)34-15-7-8-21-39-34;1-5-17-36-30(12-1)31-13-2-6-18-37(31)43(36)29-24-40-41(25-29)27-19-20-33-32-14-3-4-16-35(32)42(38(33)23-27)28-11-9-10-26(22-28)34-15-7-8-21-39-34;;;/h1-24,27-28H;2*1-21,24-25H;;;/q3*-2;3*+2. The van der Waals surface area contributed by atoms with Gasteiger partial charge in [-0.1, -0.05) is 240 Å². The Morgan fingerprint density at radius 3 is 0.813 bits per heavy atom. The number of aromatic nitrogens is 16. The first-order chi connectivity index (χ1) is 67.5. The molecular formula is C120H72N16Pt3. The Morgan fingerprint density at radius 2 is 0.439 bits per heavy atom. The van der Waals surface area contributed by atoms with Gasteiger partial charge in [-0.15, -0.1) is 125 Å². The van der Waals surface area contributed by atoms with Crippen molar-refractivity contribution in [2.24, 2.45) is 0 Å². The van der Waals surface area contributed by atoms with Crippen molar-refractivity contribution in [2.75, 3.05) is 0 Å². The maximum Gasteiger partial charge on any atom is 2.00 e. The van der Waals surface area contributed by atoms with E-state index in [1.807, 2.05) is 99.8 Å². The van der Waals surface area contributed by atoms with Crippen LogP contribution in [0.3, 0.4) is 0 Å². The van der Waals surface area contributed by atoms with Crippen molar-refractivity contribution >= 4 is 153 Å². The number of benzene rings is 16. The van der Waals surface area contributed by atoms with Crippen LogP contribution in [0.4, 0.5) is 0 Å². The average Bonchev–Trinajstić information content (AvgIpc) is 1.57. The molecule has 0 radical (unpaired) electrons. The molecule has 0 fully saturated rings. The van der Waals surface area contributed by atoms with Gasteiger partial charge in [0.25, 0.3) is 0 Å². The summed E-state index contributed by atoms with van der Waals surface area (Å²) in [5.41, 5.74) is 28.2. The molecule has 13 aromatic heterocycles. The second-order valence-electron chi connectivity index (χ2n) is 33.9. The van der Waals surface area contributed by atoms with E-state index >= 15 is 0 Å². The summed E-state index contributed by atoms with van der Waals surface area (Å²) < 4.78 is 21.5. The van der Waals surface area contributed by atoms with Crippen LogP contribution >= 0.6 is 0 Å². The number of pyridine rings is 3. The molecule has 0 amide bonds. The van der Waals surface area contributed by atoms with Crippen molar-refractivity contribution in [3.63, 3.8) is 0 Å². The van der Waals surface area contributed by atoms with Crippen LogP contribution in [0.25, 0.3) is 232 Å². The zero-order chi connectivity index (χ0) is 89.4. The van der Waals surface area contributed by atoms with Crippen LogP contribution in [0, 0.1) is 36.4 Å². The first kappa shape index (κ1) is 85.2. The molecule has 0 atom stereocenters. The molecule has 13 heterocycles. The third-order valence-corrected chi connectivity index (χ3v) is 26.3. The van der Waals surface area contributed by atoms with E-state index in [1.165, 1.54) is 48.5 Å². The summed E-state index contributed by atoms with van der Waals surface area (Å²) in [6.45, 7) is 0. The monoisotopic (exact) mass is 2320 g/mol. The maximum absolute atomic E-state index is 4.86. The molecule has 0 bridgehead atoms. The second kappa shape index (κ2) is 35.2. The van der Waals surface area contributed by atoms with Gasteiger partial charge in [-0.25, -0.2) is 4.98 Å². The van der Waals surface area contributed by atoms with Crippen molar-refractivity contribution in [3.05, 3.63) is 474 Å². The molecule has 29 aromatic rings. The molecule has 0 saturated heterocycles. The molecule has 16 nitrogen and oxygen atoms in total. The minimum atomic E-state index is 0.